The molecule has 0 saturated heterocycles. The minimum Gasteiger partial charge on any atom is -0.504 e. The van der Waals surface area contributed by atoms with Crippen LogP contribution in [0, 0.1) is 5.82 Å². The Hall–Kier alpha value is -1.16. The van der Waals surface area contributed by atoms with E-state index in [4.69, 9.17) is 21.8 Å². The van der Waals surface area contributed by atoms with E-state index in [1.165, 1.54) is 0 Å². The van der Waals surface area contributed by atoms with Crippen LogP contribution in [0.25, 0.3) is 0 Å². The van der Waals surface area contributed by atoms with E-state index in [0.29, 0.717) is 0 Å². The molecule has 0 radical (unpaired) electrons. The standard InChI is InChI=1S/C7H6ClFO3/c1-12-7-5(9)3(8)2-4(10)6(7)11/h2,10-11H,1H3. The van der Waals surface area contributed by atoms with Gasteiger partial charge in [-0.25, -0.2) is 4.39 Å². The van der Waals surface area contributed by atoms with Crippen LogP contribution >= 0.6 is 11.6 Å². The molecule has 0 aliphatic heterocycles. The summed E-state index contributed by atoms with van der Waals surface area (Å²) in [6.45, 7) is 0. The lowest BCUT2D eigenvalue weighted by Gasteiger charge is -2.06. The molecule has 66 valence electrons. The smallest absolute Gasteiger partial charge is 0.203 e. The number of rotatable bonds is 1. The van der Waals surface area contributed by atoms with Gasteiger partial charge in [0.25, 0.3) is 0 Å². The van der Waals surface area contributed by atoms with Crippen molar-refractivity contribution < 1.29 is 19.3 Å². The number of hydrogen-bond acceptors (Lipinski definition) is 3. The molecule has 0 atom stereocenters. The molecule has 0 saturated carbocycles. The van der Waals surface area contributed by atoms with Gasteiger partial charge in [0.15, 0.2) is 11.6 Å². The molecule has 0 aliphatic rings. The van der Waals surface area contributed by atoms with Crippen LogP contribution in [0.5, 0.6) is 17.2 Å². The summed E-state index contributed by atoms with van der Waals surface area (Å²) in [5, 5.41) is 17.7. The predicted molar refractivity (Wildman–Crippen MR) is 41.3 cm³/mol. The molecule has 5 heteroatoms. The van der Waals surface area contributed by atoms with Gasteiger partial charge in [0.05, 0.1) is 12.1 Å². The Labute approximate surface area is 73.0 Å². The molecule has 1 aromatic rings. The van der Waals surface area contributed by atoms with Crippen LogP contribution in [-0.4, -0.2) is 17.3 Å². The van der Waals surface area contributed by atoms with E-state index in [2.05, 4.69) is 4.74 Å². The van der Waals surface area contributed by atoms with Crippen LogP contribution in [0.2, 0.25) is 5.02 Å². The summed E-state index contributed by atoms with van der Waals surface area (Å²) in [6.07, 6.45) is 0. The first-order chi connectivity index (χ1) is 5.57. The number of methoxy groups -OCH3 is 1. The molecule has 1 aromatic carbocycles. The molecule has 0 heterocycles. The van der Waals surface area contributed by atoms with Gasteiger partial charge in [-0.1, -0.05) is 11.6 Å². The van der Waals surface area contributed by atoms with Crippen molar-refractivity contribution in [3.63, 3.8) is 0 Å². The van der Waals surface area contributed by atoms with Crippen molar-refractivity contribution in [3.05, 3.63) is 16.9 Å². The molecule has 0 aliphatic carbocycles. The van der Waals surface area contributed by atoms with E-state index in [1.807, 2.05) is 0 Å². The topological polar surface area (TPSA) is 49.7 Å². The molecule has 0 unspecified atom stereocenters. The fourth-order valence-corrected chi connectivity index (χ4v) is 0.956. The first kappa shape index (κ1) is 8.93. The average molecular weight is 193 g/mol. The van der Waals surface area contributed by atoms with Gasteiger partial charge in [-0.15, -0.1) is 0 Å². The summed E-state index contributed by atoms with van der Waals surface area (Å²) >= 11 is 5.34. The van der Waals surface area contributed by atoms with Crippen LogP contribution in [0.3, 0.4) is 0 Å². The van der Waals surface area contributed by atoms with E-state index >= 15 is 0 Å². The minimum atomic E-state index is -0.894. The normalized spacial score (nSPS) is 9.92. The monoisotopic (exact) mass is 192 g/mol. The lowest BCUT2D eigenvalue weighted by molar-refractivity contribution is 0.333. The van der Waals surface area contributed by atoms with Gasteiger partial charge in [-0.05, 0) is 0 Å². The van der Waals surface area contributed by atoms with E-state index in [1.54, 1.807) is 0 Å². The number of benzene rings is 1. The molecule has 0 bridgehead atoms. The van der Waals surface area contributed by atoms with Crippen LogP contribution < -0.4 is 4.74 Å². The van der Waals surface area contributed by atoms with Gasteiger partial charge in [0.1, 0.15) is 0 Å². The van der Waals surface area contributed by atoms with Crippen molar-refractivity contribution in [1.29, 1.82) is 0 Å². The molecular weight excluding hydrogens is 187 g/mol. The second-order valence-electron chi connectivity index (χ2n) is 2.07. The zero-order valence-corrected chi connectivity index (χ0v) is 6.89. The lowest BCUT2D eigenvalue weighted by atomic mass is 10.3. The van der Waals surface area contributed by atoms with Gasteiger partial charge in [-0.2, -0.15) is 0 Å². The zero-order chi connectivity index (χ0) is 9.30. The van der Waals surface area contributed by atoms with E-state index in [0.717, 1.165) is 13.2 Å². The van der Waals surface area contributed by atoms with Gasteiger partial charge < -0.3 is 14.9 Å². The third-order valence-electron chi connectivity index (χ3n) is 1.33. The van der Waals surface area contributed by atoms with E-state index < -0.39 is 23.1 Å². The number of phenols is 2. The summed E-state index contributed by atoms with van der Waals surface area (Å²) in [5.41, 5.74) is 0. The molecule has 3 nitrogen and oxygen atoms in total. The minimum absolute atomic E-state index is 0.304. The second-order valence-corrected chi connectivity index (χ2v) is 2.48. The fraction of sp³-hybridized carbons (Fsp3) is 0.143. The molecule has 12 heavy (non-hydrogen) atoms. The van der Waals surface area contributed by atoms with Crippen LogP contribution in [0.15, 0.2) is 6.07 Å². The molecule has 0 aromatic heterocycles. The Morgan fingerprint density at radius 1 is 1.50 bits per heavy atom. The van der Waals surface area contributed by atoms with Gasteiger partial charge >= 0.3 is 0 Å². The van der Waals surface area contributed by atoms with E-state index in [9.17, 15) is 4.39 Å². The van der Waals surface area contributed by atoms with Crippen LogP contribution in [0.4, 0.5) is 4.39 Å². The van der Waals surface area contributed by atoms with E-state index in [-0.39, 0.29) is 5.02 Å². The highest BCUT2D eigenvalue weighted by Gasteiger charge is 2.16. The average Bonchev–Trinajstić information content (AvgIpc) is 2.02. The maximum absolute atomic E-state index is 12.9. The Bertz CT molecular complexity index is 288. The molecule has 1 rings (SSSR count). The second kappa shape index (κ2) is 3.06. The maximum Gasteiger partial charge on any atom is 0.203 e. The van der Waals surface area contributed by atoms with Crippen molar-refractivity contribution in [2.24, 2.45) is 0 Å². The number of ether oxygens (including phenoxy) is 1. The Balaban J connectivity index is 3.42. The Kier molecular flexibility index (Phi) is 2.28. The number of phenolic OH excluding ortho intramolecular Hbond substituents is 2. The molecule has 0 amide bonds. The fourth-order valence-electron chi connectivity index (χ4n) is 0.767. The molecule has 2 N–H and O–H groups in total. The van der Waals surface area contributed by atoms with Crippen molar-refractivity contribution >= 4 is 11.6 Å². The highest BCUT2D eigenvalue weighted by molar-refractivity contribution is 6.31. The van der Waals surface area contributed by atoms with Crippen LogP contribution in [0.1, 0.15) is 0 Å². The van der Waals surface area contributed by atoms with Crippen molar-refractivity contribution in [3.8, 4) is 17.2 Å². The maximum atomic E-state index is 12.9. The SMILES string of the molecule is COc1c(O)c(O)cc(Cl)c1F. The summed E-state index contributed by atoms with van der Waals surface area (Å²) in [7, 11) is 1.16. The zero-order valence-electron chi connectivity index (χ0n) is 6.14. The lowest BCUT2D eigenvalue weighted by Crippen LogP contribution is -1.89. The number of hydrogen-bond donors (Lipinski definition) is 2. The van der Waals surface area contributed by atoms with Gasteiger partial charge in [-0.3, -0.25) is 0 Å². The largest absolute Gasteiger partial charge is 0.504 e. The van der Waals surface area contributed by atoms with Crippen molar-refractivity contribution in [1.82, 2.24) is 0 Å². The Morgan fingerprint density at radius 2 is 2.08 bits per heavy atom. The summed E-state index contributed by atoms with van der Waals surface area (Å²) < 4.78 is 17.4. The molecule has 0 fully saturated rings. The summed E-state index contributed by atoms with van der Waals surface area (Å²) in [6, 6.07) is 0.898. The first-order valence-corrected chi connectivity index (χ1v) is 3.39. The van der Waals surface area contributed by atoms with Gasteiger partial charge in [0, 0.05) is 6.07 Å². The van der Waals surface area contributed by atoms with Crippen LogP contribution in [-0.2, 0) is 0 Å². The Morgan fingerprint density at radius 3 is 2.58 bits per heavy atom. The first-order valence-electron chi connectivity index (χ1n) is 3.01. The summed E-state index contributed by atoms with van der Waals surface area (Å²) in [4.78, 5) is 0. The quantitative estimate of drug-likeness (QED) is 0.669. The highest BCUT2D eigenvalue weighted by Crippen LogP contribution is 2.40. The third-order valence-corrected chi connectivity index (χ3v) is 1.61. The third kappa shape index (κ3) is 1.25. The molecular formula is C7H6ClFO3. The predicted octanol–water partition coefficient (Wildman–Crippen LogP) is 1.90. The van der Waals surface area contributed by atoms with Crippen molar-refractivity contribution in [2.75, 3.05) is 7.11 Å². The highest BCUT2D eigenvalue weighted by atomic mass is 35.5. The summed E-state index contributed by atoms with van der Waals surface area (Å²) in [5.74, 6) is -2.52. The number of halogens is 2. The van der Waals surface area contributed by atoms with Crippen molar-refractivity contribution in [2.45, 2.75) is 0 Å². The number of aromatic hydroxyl groups is 2. The molecule has 0 spiro atoms. The van der Waals surface area contributed by atoms with Gasteiger partial charge in [0.2, 0.25) is 11.5 Å².